The molecule has 5 heteroatoms. The van der Waals surface area contributed by atoms with Crippen molar-refractivity contribution in [2.45, 2.75) is 43.0 Å². The number of thioether (sulfide) groups is 1. The summed E-state index contributed by atoms with van der Waals surface area (Å²) in [5, 5.41) is 8.92. The first-order valence-electron chi connectivity index (χ1n) is 9.32. The summed E-state index contributed by atoms with van der Waals surface area (Å²) in [7, 11) is 0. The molecule has 0 bridgehead atoms. The number of rotatable bonds is 7. The number of aryl methyl sites for hydroxylation is 1. The van der Waals surface area contributed by atoms with Gasteiger partial charge in [-0.25, -0.2) is 0 Å². The van der Waals surface area contributed by atoms with Gasteiger partial charge in [0.2, 0.25) is 0 Å². The van der Waals surface area contributed by atoms with Crippen molar-refractivity contribution in [1.82, 2.24) is 9.88 Å². The number of piperidine rings is 1. The molecule has 138 valence electrons. The molecule has 1 amide bonds. The van der Waals surface area contributed by atoms with E-state index in [1.807, 2.05) is 42.6 Å². The predicted octanol–water partition coefficient (Wildman–Crippen LogP) is 3.79. The van der Waals surface area contributed by atoms with Crippen LogP contribution >= 0.6 is 11.8 Å². The number of benzene rings is 1. The molecule has 1 aromatic carbocycles. The summed E-state index contributed by atoms with van der Waals surface area (Å²) in [5.74, 6) is 0.809. The quantitative estimate of drug-likeness (QED) is 0.754. The highest BCUT2D eigenvalue weighted by atomic mass is 32.2. The number of amides is 1. The van der Waals surface area contributed by atoms with Crippen LogP contribution in [0.4, 0.5) is 0 Å². The second-order valence-corrected chi connectivity index (χ2v) is 7.77. The number of aliphatic hydroxyl groups is 1. The van der Waals surface area contributed by atoms with Gasteiger partial charge in [0.15, 0.2) is 0 Å². The van der Waals surface area contributed by atoms with Crippen LogP contribution in [0.1, 0.15) is 41.7 Å². The molecule has 0 saturated carbocycles. The van der Waals surface area contributed by atoms with Gasteiger partial charge < -0.3 is 10.0 Å². The van der Waals surface area contributed by atoms with Gasteiger partial charge in [0.05, 0.1) is 6.61 Å². The Morgan fingerprint density at radius 1 is 1.19 bits per heavy atom. The Balaban J connectivity index is 1.63. The summed E-state index contributed by atoms with van der Waals surface area (Å²) >= 11 is 1.60. The van der Waals surface area contributed by atoms with Crippen LogP contribution in [0, 0.1) is 0 Å². The first-order chi connectivity index (χ1) is 12.8. The van der Waals surface area contributed by atoms with E-state index in [0.717, 1.165) is 48.4 Å². The van der Waals surface area contributed by atoms with E-state index in [1.54, 1.807) is 11.8 Å². The highest BCUT2D eigenvalue weighted by molar-refractivity contribution is 7.99. The minimum atomic E-state index is 0.134. The first kappa shape index (κ1) is 18.9. The second-order valence-electron chi connectivity index (χ2n) is 6.60. The van der Waals surface area contributed by atoms with E-state index in [4.69, 9.17) is 5.11 Å². The minimum absolute atomic E-state index is 0.134. The molecule has 1 N–H and O–H groups in total. The van der Waals surface area contributed by atoms with Crippen LogP contribution in [-0.4, -0.2) is 45.8 Å². The van der Waals surface area contributed by atoms with Crippen molar-refractivity contribution in [3.8, 4) is 0 Å². The number of hydrogen-bond donors (Lipinski definition) is 1. The molecule has 0 aliphatic carbocycles. The molecule has 1 aliphatic heterocycles. The van der Waals surface area contributed by atoms with Gasteiger partial charge in [-0.1, -0.05) is 6.07 Å². The molecule has 4 nitrogen and oxygen atoms in total. The van der Waals surface area contributed by atoms with Crippen LogP contribution in [-0.2, 0) is 6.42 Å². The Bertz CT molecular complexity index is 691. The molecule has 0 spiro atoms. The summed E-state index contributed by atoms with van der Waals surface area (Å²) in [6.07, 6.45) is 7.04. The third kappa shape index (κ3) is 5.08. The van der Waals surface area contributed by atoms with Crippen LogP contribution < -0.4 is 0 Å². The lowest BCUT2D eigenvalue weighted by molar-refractivity contribution is 0.0601. The lowest BCUT2D eigenvalue weighted by Gasteiger charge is -2.36. The highest BCUT2D eigenvalue weighted by Crippen LogP contribution is 2.24. The van der Waals surface area contributed by atoms with Crippen molar-refractivity contribution >= 4 is 17.7 Å². The first-order valence-corrected chi connectivity index (χ1v) is 10.3. The zero-order valence-corrected chi connectivity index (χ0v) is 15.8. The zero-order valence-electron chi connectivity index (χ0n) is 15.0. The van der Waals surface area contributed by atoms with Crippen molar-refractivity contribution in [2.75, 3.05) is 18.9 Å². The van der Waals surface area contributed by atoms with Crippen LogP contribution in [0.25, 0.3) is 0 Å². The molecule has 0 radical (unpaired) electrons. The molecule has 1 aromatic heterocycles. The van der Waals surface area contributed by atoms with Crippen LogP contribution in [0.5, 0.6) is 0 Å². The lowest BCUT2D eigenvalue weighted by atomic mass is 9.96. The van der Waals surface area contributed by atoms with E-state index in [-0.39, 0.29) is 12.5 Å². The predicted molar refractivity (Wildman–Crippen MR) is 105 cm³/mol. The number of carbonyl (C=O) groups is 1. The number of hydrogen-bond acceptors (Lipinski definition) is 4. The van der Waals surface area contributed by atoms with E-state index in [9.17, 15) is 4.79 Å². The van der Waals surface area contributed by atoms with Gasteiger partial charge in [0.25, 0.3) is 5.91 Å². The molecule has 1 unspecified atom stereocenters. The Labute approximate surface area is 159 Å². The summed E-state index contributed by atoms with van der Waals surface area (Å²) < 4.78 is 0. The van der Waals surface area contributed by atoms with Crippen molar-refractivity contribution in [3.63, 3.8) is 0 Å². The standard InChI is InChI=1S/C21H26N2O2S/c24-15-16-26-20-11-7-17(8-12-20)21(25)23-14-4-2-6-19(23)10-9-18-5-1-3-13-22-18/h1,3,5,7-8,11-13,19,24H,2,4,6,9-10,14-16H2. The molecule has 26 heavy (non-hydrogen) atoms. The Kier molecular flexibility index (Phi) is 7.09. The fourth-order valence-electron chi connectivity index (χ4n) is 3.45. The zero-order chi connectivity index (χ0) is 18.2. The van der Waals surface area contributed by atoms with Gasteiger partial charge in [-0.3, -0.25) is 9.78 Å². The number of aromatic nitrogens is 1. The average molecular weight is 371 g/mol. The molecule has 1 atom stereocenters. The minimum Gasteiger partial charge on any atom is -0.396 e. The lowest BCUT2D eigenvalue weighted by Crippen LogP contribution is -2.44. The third-order valence-corrected chi connectivity index (χ3v) is 5.80. The van der Waals surface area contributed by atoms with Crippen molar-refractivity contribution in [3.05, 3.63) is 59.9 Å². The van der Waals surface area contributed by atoms with Gasteiger partial charge >= 0.3 is 0 Å². The van der Waals surface area contributed by atoms with E-state index in [1.165, 1.54) is 6.42 Å². The highest BCUT2D eigenvalue weighted by Gasteiger charge is 2.27. The normalized spacial score (nSPS) is 17.3. The second kappa shape index (κ2) is 9.74. The molecular weight excluding hydrogens is 344 g/mol. The van der Waals surface area contributed by atoms with Crippen molar-refractivity contribution in [2.24, 2.45) is 0 Å². The third-order valence-electron chi connectivity index (χ3n) is 4.81. The molecule has 2 aromatic rings. The van der Waals surface area contributed by atoms with Crippen molar-refractivity contribution in [1.29, 1.82) is 0 Å². The fraction of sp³-hybridized carbons (Fsp3) is 0.429. The summed E-state index contributed by atoms with van der Waals surface area (Å²) in [5.41, 5.74) is 1.85. The molecule has 1 aliphatic rings. The maximum absolute atomic E-state index is 13.0. The largest absolute Gasteiger partial charge is 0.396 e. The average Bonchev–Trinajstić information content (AvgIpc) is 2.71. The molecular formula is C21H26N2O2S. The Hall–Kier alpha value is -1.85. The van der Waals surface area contributed by atoms with E-state index >= 15 is 0 Å². The maximum atomic E-state index is 13.0. The molecule has 2 heterocycles. The monoisotopic (exact) mass is 370 g/mol. The molecule has 3 rings (SSSR count). The van der Waals surface area contributed by atoms with Gasteiger partial charge in [-0.05, 0) is 68.5 Å². The SMILES string of the molecule is O=C(c1ccc(SCCO)cc1)N1CCCCC1CCc1ccccn1. The topological polar surface area (TPSA) is 53.4 Å². The molecule has 1 saturated heterocycles. The molecule has 1 fully saturated rings. The Morgan fingerprint density at radius 3 is 2.77 bits per heavy atom. The van der Waals surface area contributed by atoms with Gasteiger partial charge in [0, 0.05) is 40.7 Å². The van der Waals surface area contributed by atoms with Crippen LogP contribution in [0.2, 0.25) is 0 Å². The number of likely N-dealkylation sites (tertiary alicyclic amines) is 1. The van der Waals surface area contributed by atoms with Crippen molar-refractivity contribution < 1.29 is 9.90 Å². The van der Waals surface area contributed by atoms with E-state index in [0.29, 0.717) is 11.8 Å². The maximum Gasteiger partial charge on any atom is 0.254 e. The van der Waals surface area contributed by atoms with Gasteiger partial charge in [0.1, 0.15) is 0 Å². The number of carbonyl (C=O) groups excluding carboxylic acids is 1. The summed E-state index contributed by atoms with van der Waals surface area (Å²) in [4.78, 5) is 20.6. The Morgan fingerprint density at radius 2 is 2.04 bits per heavy atom. The van der Waals surface area contributed by atoms with Crippen LogP contribution in [0.15, 0.2) is 53.6 Å². The smallest absolute Gasteiger partial charge is 0.254 e. The van der Waals surface area contributed by atoms with Crippen LogP contribution in [0.3, 0.4) is 0 Å². The van der Waals surface area contributed by atoms with E-state index < -0.39 is 0 Å². The number of aliphatic hydroxyl groups excluding tert-OH is 1. The van der Waals surface area contributed by atoms with Gasteiger partial charge in [-0.15, -0.1) is 11.8 Å². The summed E-state index contributed by atoms with van der Waals surface area (Å²) in [6, 6.07) is 14.1. The number of pyridine rings is 1. The van der Waals surface area contributed by atoms with Gasteiger partial charge in [-0.2, -0.15) is 0 Å². The number of nitrogens with zero attached hydrogens (tertiary/aromatic N) is 2. The fourth-order valence-corrected chi connectivity index (χ4v) is 4.11. The summed E-state index contributed by atoms with van der Waals surface area (Å²) in [6.45, 7) is 1.00. The van der Waals surface area contributed by atoms with E-state index in [2.05, 4.69) is 16.0 Å².